The molecule has 9 aromatic carbocycles. The lowest BCUT2D eigenvalue weighted by molar-refractivity contribution is 0.233. The summed E-state index contributed by atoms with van der Waals surface area (Å²) in [6.45, 7) is 11.6. The van der Waals surface area contributed by atoms with Crippen molar-refractivity contribution in [3.63, 3.8) is 0 Å². The molecule has 100 heavy (non-hydrogen) atoms. The Balaban J connectivity index is 0.000000151. The van der Waals surface area contributed by atoms with Gasteiger partial charge in [-0.2, -0.15) is 0 Å². The molecule has 9 aromatic rings. The first kappa shape index (κ1) is 72.4. The number of phenolic OH excluding ortho intramolecular Hbond substituents is 3. The van der Waals surface area contributed by atoms with E-state index in [-0.39, 0.29) is 37.1 Å². The van der Waals surface area contributed by atoms with Crippen LogP contribution in [0.15, 0.2) is 237 Å². The Hall–Kier alpha value is -8.84. The lowest BCUT2D eigenvalue weighted by atomic mass is 9.86. The maximum absolute atomic E-state index is 10.2. The standard InChI is InChI=1S/C30H35NO3.C30H33NO2.C30H35NO2/c1-31-20-5-9-26(31)19-22-34-28-17-13-25(14-18-28)30(24-11-15-27(33)16-12-24)29(10-6-21-32)23-7-3-2-4-8-23;32-19-5-10-29(23-6-2-1-3-7-23)30(25-8-4-9-28(33)20-25)24-13-11-22(12-14-24)26-17-18-31(21-26)27-15-16-27;1-22(2)31-18-17-27(21-31)23-13-15-25(16-14-23)30(26-10-6-11-28(33)20-26)29(12-7-19-32)24-8-4-3-5-9-24/h2-4,7-8,11-18,26,32-33H,5-6,9-10,19-22H2,1H3;1-4,6-9,11-14,20,26-27,32-33H,5,10,15-19,21H2;3-6,8-11,13-16,20,22,27,32-33H,7,12,17-19,21H2,1-2H3/b30-29-;2*30-29+. The van der Waals surface area contributed by atoms with E-state index in [0.29, 0.717) is 43.2 Å². The molecule has 4 fully saturated rings. The molecular weight excluding hydrogens is 1240 g/mol. The SMILES string of the molecule is CC(C)N1CCC(c2ccc(/C(=C(/CCCO)c3ccccc3)c3cccc(O)c3)cc2)C1.CN1CCCC1CCOc1ccc(/C(=C(/CCCO)c2ccccc2)c2ccc(O)cc2)cc1.OCCC/C(=C(/c1ccc(C2CCN(C3CC3)C2)cc1)c1cccc(O)c1)c1ccccc1. The number of allylic oxidation sites excluding steroid dienone is 3. The van der Waals surface area contributed by atoms with Crippen molar-refractivity contribution in [2.24, 2.45) is 0 Å². The van der Waals surface area contributed by atoms with Gasteiger partial charge in [-0.1, -0.05) is 188 Å². The number of hydrogen-bond acceptors (Lipinski definition) is 10. The molecule has 3 unspecified atom stereocenters. The van der Waals surface area contributed by atoms with Crippen molar-refractivity contribution < 1.29 is 35.4 Å². The smallest absolute Gasteiger partial charge is 0.119 e. The molecule has 0 spiro atoms. The number of hydrogen-bond donors (Lipinski definition) is 6. The lowest BCUT2D eigenvalue weighted by Gasteiger charge is -2.21. The number of ether oxygens (including phenoxy) is 1. The van der Waals surface area contributed by atoms with E-state index < -0.39 is 0 Å². The van der Waals surface area contributed by atoms with Crippen LogP contribution in [0.1, 0.15) is 170 Å². The molecule has 0 aromatic heterocycles. The fourth-order valence-corrected chi connectivity index (χ4v) is 15.0. The van der Waals surface area contributed by atoms with Crippen molar-refractivity contribution in [3.8, 4) is 23.0 Å². The molecule has 10 heteroatoms. The van der Waals surface area contributed by atoms with Crippen LogP contribution in [0.3, 0.4) is 0 Å². The average molecular weight is 1340 g/mol. The van der Waals surface area contributed by atoms with Crippen LogP contribution in [0.5, 0.6) is 23.0 Å². The largest absolute Gasteiger partial charge is 0.508 e. The Morgan fingerprint density at radius 2 is 0.820 bits per heavy atom. The minimum Gasteiger partial charge on any atom is -0.508 e. The van der Waals surface area contributed by atoms with Crippen LogP contribution in [-0.4, -0.2) is 130 Å². The van der Waals surface area contributed by atoms with Crippen molar-refractivity contribution in [3.05, 3.63) is 298 Å². The van der Waals surface area contributed by atoms with Crippen LogP contribution in [0.2, 0.25) is 0 Å². The van der Waals surface area contributed by atoms with Gasteiger partial charge < -0.3 is 45.2 Å². The van der Waals surface area contributed by atoms with Gasteiger partial charge in [0.1, 0.15) is 23.0 Å². The fraction of sp³-hybridized carbons (Fsp3) is 0.333. The second-order valence-electron chi connectivity index (χ2n) is 27.8. The Labute approximate surface area is 594 Å². The van der Waals surface area contributed by atoms with Gasteiger partial charge in [0.15, 0.2) is 0 Å². The highest BCUT2D eigenvalue weighted by atomic mass is 16.5. The normalized spacial score (nSPS) is 17.9. The summed E-state index contributed by atoms with van der Waals surface area (Å²) < 4.78 is 6.07. The number of likely N-dealkylation sites (tertiary alicyclic amines) is 3. The predicted octanol–water partition coefficient (Wildman–Crippen LogP) is 18.4. The Bertz CT molecular complexity index is 3900. The number of aliphatic hydroxyl groups is 3. The van der Waals surface area contributed by atoms with Crippen molar-refractivity contribution in [2.45, 2.75) is 127 Å². The summed E-state index contributed by atoms with van der Waals surface area (Å²) in [6, 6.07) is 82.0. The van der Waals surface area contributed by atoms with Gasteiger partial charge in [-0.25, -0.2) is 0 Å². The summed E-state index contributed by atoms with van der Waals surface area (Å²) in [5.41, 5.74) is 19.6. The topological polar surface area (TPSA) is 140 Å². The van der Waals surface area contributed by atoms with Crippen molar-refractivity contribution >= 4 is 33.4 Å². The molecule has 6 N–H and O–H groups in total. The van der Waals surface area contributed by atoms with Gasteiger partial charge in [0.25, 0.3) is 0 Å². The zero-order valence-electron chi connectivity index (χ0n) is 58.9. The molecule has 4 aliphatic rings. The van der Waals surface area contributed by atoms with Crippen LogP contribution >= 0.6 is 0 Å². The fourth-order valence-electron chi connectivity index (χ4n) is 15.0. The highest BCUT2D eigenvalue weighted by Gasteiger charge is 2.35. The molecule has 0 amide bonds. The van der Waals surface area contributed by atoms with E-state index in [9.17, 15) is 30.6 Å². The molecule has 3 aliphatic heterocycles. The van der Waals surface area contributed by atoms with E-state index in [0.717, 1.165) is 124 Å². The van der Waals surface area contributed by atoms with Crippen LogP contribution in [-0.2, 0) is 0 Å². The van der Waals surface area contributed by atoms with Gasteiger partial charge in [-0.15, -0.1) is 0 Å². The summed E-state index contributed by atoms with van der Waals surface area (Å²) in [5, 5.41) is 59.0. The molecule has 1 saturated carbocycles. The van der Waals surface area contributed by atoms with Crippen LogP contribution in [0.4, 0.5) is 0 Å². The van der Waals surface area contributed by atoms with Gasteiger partial charge in [-0.3, -0.25) is 4.90 Å². The van der Waals surface area contributed by atoms with E-state index in [1.807, 2.05) is 78.9 Å². The molecule has 3 saturated heterocycles. The van der Waals surface area contributed by atoms with E-state index in [1.165, 1.54) is 86.0 Å². The maximum Gasteiger partial charge on any atom is 0.119 e. The summed E-state index contributed by atoms with van der Waals surface area (Å²) in [5.74, 6) is 2.86. The lowest BCUT2D eigenvalue weighted by Crippen LogP contribution is -2.27. The van der Waals surface area contributed by atoms with E-state index in [1.54, 1.807) is 24.3 Å². The molecule has 13 rings (SSSR count). The molecule has 520 valence electrons. The third-order valence-electron chi connectivity index (χ3n) is 20.6. The number of nitrogens with zero attached hydrogens (tertiary/aromatic N) is 3. The number of aliphatic hydroxyl groups excluding tert-OH is 3. The number of rotatable bonds is 26. The molecule has 0 bridgehead atoms. The molecule has 3 heterocycles. The Morgan fingerprint density at radius 1 is 0.410 bits per heavy atom. The second-order valence-corrected chi connectivity index (χ2v) is 27.8. The zero-order valence-corrected chi connectivity index (χ0v) is 58.9. The number of phenols is 3. The molecule has 0 radical (unpaired) electrons. The predicted molar refractivity (Wildman–Crippen MR) is 411 cm³/mol. The second kappa shape index (κ2) is 36.5. The van der Waals surface area contributed by atoms with Gasteiger partial charge in [-0.05, 0) is 279 Å². The summed E-state index contributed by atoms with van der Waals surface area (Å²) in [7, 11) is 2.20. The van der Waals surface area contributed by atoms with Gasteiger partial charge in [0.05, 0.1) is 6.61 Å². The first-order valence-corrected chi connectivity index (χ1v) is 36.6. The van der Waals surface area contributed by atoms with Crippen LogP contribution in [0.25, 0.3) is 33.4 Å². The van der Waals surface area contributed by atoms with E-state index in [4.69, 9.17) is 4.74 Å². The third kappa shape index (κ3) is 19.6. The minimum atomic E-state index is 0.141. The van der Waals surface area contributed by atoms with Gasteiger partial charge in [0.2, 0.25) is 0 Å². The van der Waals surface area contributed by atoms with Gasteiger partial charge in [0, 0.05) is 51.0 Å². The van der Waals surface area contributed by atoms with Crippen LogP contribution < -0.4 is 4.74 Å². The Morgan fingerprint density at radius 3 is 1.22 bits per heavy atom. The average Bonchev–Trinajstić information content (AvgIpc) is 0.865. The molecular formula is C90H103N3O7. The summed E-state index contributed by atoms with van der Waals surface area (Å²) in [4.78, 5) is 7.65. The highest BCUT2D eigenvalue weighted by Crippen LogP contribution is 2.42. The summed E-state index contributed by atoms with van der Waals surface area (Å²) >= 11 is 0. The molecule has 1 aliphatic carbocycles. The monoisotopic (exact) mass is 1340 g/mol. The van der Waals surface area contributed by atoms with Crippen molar-refractivity contribution in [1.29, 1.82) is 0 Å². The van der Waals surface area contributed by atoms with Crippen LogP contribution in [0, 0.1) is 0 Å². The number of aromatic hydroxyl groups is 3. The molecule has 10 nitrogen and oxygen atoms in total. The first-order chi connectivity index (χ1) is 48.9. The highest BCUT2D eigenvalue weighted by molar-refractivity contribution is 6.01. The van der Waals surface area contributed by atoms with Crippen molar-refractivity contribution in [1.82, 2.24) is 14.7 Å². The zero-order chi connectivity index (χ0) is 69.6. The van der Waals surface area contributed by atoms with Gasteiger partial charge >= 0.3 is 0 Å². The third-order valence-corrected chi connectivity index (χ3v) is 20.6. The van der Waals surface area contributed by atoms with E-state index in [2.05, 4.69) is 169 Å². The van der Waals surface area contributed by atoms with E-state index >= 15 is 0 Å². The summed E-state index contributed by atoms with van der Waals surface area (Å²) in [6.07, 6.45) is 13.2. The maximum atomic E-state index is 10.2. The van der Waals surface area contributed by atoms with Crippen molar-refractivity contribution in [2.75, 3.05) is 66.2 Å². The minimum absolute atomic E-state index is 0.141. The quantitative estimate of drug-likeness (QED) is 0.0290. The number of benzene rings is 9. The molecule has 3 atom stereocenters. The first-order valence-electron chi connectivity index (χ1n) is 36.6. The Kier molecular flexibility index (Phi) is 26.4.